The molecule has 0 radical (unpaired) electrons. The standard InChI is InChI=1S/C40H29N7/c1-4-11-30-26(3)45(32-13-5-6-18-41-37(30)32)27-22-28(46-31-14-7-12-25(2)36(31)38-33(46)15-8-19-42-38)24-29(23-27)47-34-16-9-20-43-39(34)40-35(47)17-10-21-44-40/h4,6-24H,1-3H3/b11-4-. The molecule has 7 heterocycles. The Balaban J connectivity index is 1.45. The Hall–Kier alpha value is -6.30. The first-order chi connectivity index (χ1) is 23.1. The lowest BCUT2D eigenvalue weighted by Crippen LogP contribution is -2.05. The number of fused-ring (bicyclic) bond motifs is 7. The van der Waals surface area contributed by atoms with Crippen LogP contribution in [0, 0.1) is 13.8 Å². The molecule has 9 rings (SSSR count). The number of aromatic nitrogens is 6. The molecule has 0 aliphatic carbocycles. The van der Waals surface area contributed by atoms with Crippen LogP contribution in [0.5, 0.6) is 0 Å². The summed E-state index contributed by atoms with van der Waals surface area (Å²) >= 11 is 0. The van der Waals surface area contributed by atoms with E-state index in [2.05, 4.69) is 100 Å². The summed E-state index contributed by atoms with van der Waals surface area (Å²) in [6.45, 7) is 6.35. The fraction of sp³-hybridized carbons (Fsp3) is 0.0750. The predicted molar refractivity (Wildman–Crippen MR) is 193 cm³/mol. The van der Waals surface area contributed by atoms with Gasteiger partial charge in [0, 0.05) is 47.5 Å². The monoisotopic (exact) mass is 607 g/mol. The molecule has 0 atom stereocenters. The molecule has 1 aliphatic rings. The number of pyridine rings is 3. The molecule has 0 saturated heterocycles. The van der Waals surface area contributed by atoms with Gasteiger partial charge in [0.15, 0.2) is 0 Å². The van der Waals surface area contributed by atoms with Gasteiger partial charge in [0.2, 0.25) is 0 Å². The van der Waals surface area contributed by atoms with E-state index in [1.807, 2.05) is 62.1 Å². The Kier molecular flexibility index (Phi) is 5.97. The molecular formula is C40H29N7. The van der Waals surface area contributed by atoms with Crippen molar-refractivity contribution in [2.75, 3.05) is 0 Å². The number of allylic oxidation sites excluding steroid dienone is 2. The van der Waals surface area contributed by atoms with Gasteiger partial charge in [-0.25, -0.2) is 0 Å². The Morgan fingerprint density at radius 3 is 1.89 bits per heavy atom. The summed E-state index contributed by atoms with van der Waals surface area (Å²) in [5, 5.41) is 1.16. The Morgan fingerprint density at radius 2 is 1.23 bits per heavy atom. The zero-order valence-corrected chi connectivity index (χ0v) is 26.2. The molecule has 7 heteroatoms. The maximum Gasteiger partial charge on any atom is 0.115 e. The van der Waals surface area contributed by atoms with Crippen LogP contribution in [-0.4, -0.2) is 34.9 Å². The van der Waals surface area contributed by atoms with Crippen LogP contribution in [0.4, 0.5) is 5.69 Å². The first kappa shape index (κ1) is 27.0. The summed E-state index contributed by atoms with van der Waals surface area (Å²) in [7, 11) is 0. The first-order valence-electron chi connectivity index (χ1n) is 15.7. The second-order valence-electron chi connectivity index (χ2n) is 11.8. The molecule has 0 saturated carbocycles. The van der Waals surface area contributed by atoms with Gasteiger partial charge in [0.25, 0.3) is 0 Å². The highest BCUT2D eigenvalue weighted by molar-refractivity contribution is 6.09. The predicted octanol–water partition coefficient (Wildman–Crippen LogP) is 9.39. The second kappa shape index (κ2) is 10.4. The van der Waals surface area contributed by atoms with E-state index in [1.54, 1.807) is 0 Å². The summed E-state index contributed by atoms with van der Waals surface area (Å²) in [4.78, 5) is 19.2. The zero-order chi connectivity index (χ0) is 31.6. The minimum atomic E-state index is 0.871. The summed E-state index contributed by atoms with van der Waals surface area (Å²) in [5.41, 5.74) is 18.5. The SMILES string of the molecule is C/C=C\c1c2c(n(-c3cc(-n4c5cccnc5c5ncccc54)cc(-n4c5cccnc5c5c(C)cccc54)c3)c1C)C=C=CC=N2. The molecule has 47 heavy (non-hydrogen) atoms. The fourth-order valence-electron chi connectivity index (χ4n) is 7.18. The normalized spacial score (nSPS) is 12.7. The highest BCUT2D eigenvalue weighted by atomic mass is 15.1. The molecule has 8 aromatic rings. The fourth-order valence-corrected chi connectivity index (χ4v) is 7.18. The van der Waals surface area contributed by atoms with E-state index < -0.39 is 0 Å². The number of hydrogen-bond acceptors (Lipinski definition) is 4. The van der Waals surface area contributed by atoms with Crippen LogP contribution in [0.2, 0.25) is 0 Å². The molecule has 0 unspecified atom stereocenters. The summed E-state index contributed by atoms with van der Waals surface area (Å²) < 4.78 is 6.90. The maximum absolute atomic E-state index is 4.87. The molecule has 0 N–H and O–H groups in total. The largest absolute Gasteiger partial charge is 0.311 e. The minimum absolute atomic E-state index is 0.871. The molecule has 0 bridgehead atoms. The lowest BCUT2D eigenvalue weighted by molar-refractivity contribution is 0.988. The van der Waals surface area contributed by atoms with Crippen molar-refractivity contribution in [1.29, 1.82) is 0 Å². The topological polar surface area (TPSA) is 65.8 Å². The summed E-state index contributed by atoms with van der Waals surface area (Å²) in [6, 6.07) is 25.6. The third-order valence-corrected chi connectivity index (χ3v) is 9.09. The highest BCUT2D eigenvalue weighted by Gasteiger charge is 2.23. The van der Waals surface area contributed by atoms with Crippen LogP contribution in [0.1, 0.15) is 29.4 Å². The smallest absolute Gasteiger partial charge is 0.115 e. The number of hydrogen-bond donors (Lipinski definition) is 0. The number of aliphatic imine (C=N–C) groups is 1. The molecule has 7 nitrogen and oxygen atoms in total. The molecule has 0 spiro atoms. The van der Waals surface area contributed by atoms with Crippen LogP contribution in [0.15, 0.2) is 114 Å². The van der Waals surface area contributed by atoms with Gasteiger partial charge in [0.1, 0.15) is 11.0 Å². The molecular weight excluding hydrogens is 578 g/mol. The lowest BCUT2D eigenvalue weighted by atomic mass is 10.1. The van der Waals surface area contributed by atoms with Gasteiger partial charge >= 0.3 is 0 Å². The van der Waals surface area contributed by atoms with E-state index >= 15 is 0 Å². The molecule has 6 aromatic heterocycles. The van der Waals surface area contributed by atoms with E-state index in [4.69, 9.17) is 19.9 Å². The maximum atomic E-state index is 4.87. The van der Waals surface area contributed by atoms with E-state index in [0.717, 1.165) is 83.7 Å². The first-order valence-corrected chi connectivity index (χ1v) is 15.7. The Morgan fingerprint density at radius 1 is 0.660 bits per heavy atom. The van der Waals surface area contributed by atoms with Gasteiger partial charge in [-0.05, 0) is 93.1 Å². The molecule has 224 valence electrons. The van der Waals surface area contributed by atoms with Crippen molar-refractivity contribution in [3.63, 3.8) is 0 Å². The number of aryl methyl sites for hydroxylation is 1. The highest BCUT2D eigenvalue weighted by Crippen LogP contribution is 2.40. The average Bonchev–Trinajstić information content (AvgIpc) is 3.62. The van der Waals surface area contributed by atoms with Crippen molar-refractivity contribution in [3.05, 3.63) is 132 Å². The van der Waals surface area contributed by atoms with Crippen molar-refractivity contribution < 1.29 is 0 Å². The van der Waals surface area contributed by atoms with Gasteiger partial charge in [-0.3, -0.25) is 19.9 Å². The van der Waals surface area contributed by atoms with Crippen molar-refractivity contribution in [1.82, 2.24) is 28.7 Å². The van der Waals surface area contributed by atoms with Crippen LogP contribution < -0.4 is 0 Å². The molecule has 1 aliphatic heterocycles. The summed E-state index contributed by atoms with van der Waals surface area (Å²) in [5.74, 6) is 0. The lowest BCUT2D eigenvalue weighted by Gasteiger charge is -2.18. The van der Waals surface area contributed by atoms with Gasteiger partial charge in [0.05, 0.1) is 56.0 Å². The molecule has 2 aromatic carbocycles. The van der Waals surface area contributed by atoms with Crippen molar-refractivity contribution >= 4 is 68.1 Å². The van der Waals surface area contributed by atoms with Crippen molar-refractivity contribution in [3.8, 4) is 17.1 Å². The van der Waals surface area contributed by atoms with Gasteiger partial charge < -0.3 is 13.7 Å². The van der Waals surface area contributed by atoms with Crippen LogP contribution in [0.25, 0.3) is 73.2 Å². The summed E-state index contributed by atoms with van der Waals surface area (Å²) in [6.07, 6.45) is 15.4. The van der Waals surface area contributed by atoms with Crippen LogP contribution >= 0.6 is 0 Å². The minimum Gasteiger partial charge on any atom is -0.311 e. The molecule has 0 amide bonds. The van der Waals surface area contributed by atoms with Crippen molar-refractivity contribution in [2.45, 2.75) is 20.8 Å². The quantitative estimate of drug-likeness (QED) is 0.187. The Labute approximate surface area is 270 Å². The molecule has 0 fully saturated rings. The van der Waals surface area contributed by atoms with Gasteiger partial charge in [-0.1, -0.05) is 24.3 Å². The number of benzene rings is 2. The van der Waals surface area contributed by atoms with Crippen LogP contribution in [0.3, 0.4) is 0 Å². The van der Waals surface area contributed by atoms with Gasteiger partial charge in [-0.15, -0.1) is 5.73 Å². The van der Waals surface area contributed by atoms with Gasteiger partial charge in [-0.2, -0.15) is 0 Å². The third-order valence-electron chi connectivity index (χ3n) is 9.09. The van der Waals surface area contributed by atoms with Crippen LogP contribution in [-0.2, 0) is 0 Å². The number of nitrogens with zero attached hydrogens (tertiary/aromatic N) is 7. The van der Waals surface area contributed by atoms with E-state index in [1.165, 1.54) is 5.56 Å². The number of rotatable bonds is 4. The average molecular weight is 608 g/mol. The van der Waals surface area contributed by atoms with Crippen molar-refractivity contribution in [2.24, 2.45) is 4.99 Å². The van der Waals surface area contributed by atoms with E-state index in [0.29, 0.717) is 0 Å². The zero-order valence-electron chi connectivity index (χ0n) is 26.2. The second-order valence-corrected chi connectivity index (χ2v) is 11.8. The van der Waals surface area contributed by atoms with E-state index in [9.17, 15) is 0 Å². The third kappa shape index (κ3) is 3.94. The Bertz CT molecular complexity index is 2650. The van der Waals surface area contributed by atoms with E-state index in [-0.39, 0.29) is 0 Å².